The second-order valence-corrected chi connectivity index (χ2v) is 6.03. The van der Waals surface area contributed by atoms with Crippen LogP contribution in [0, 0.1) is 0 Å². The number of nitrogens with zero attached hydrogens (tertiary/aromatic N) is 1. The van der Waals surface area contributed by atoms with Crippen molar-refractivity contribution in [1.82, 2.24) is 4.98 Å². The zero-order valence-electron chi connectivity index (χ0n) is 15.0. The molecule has 0 spiro atoms. The predicted molar refractivity (Wildman–Crippen MR) is 100 cm³/mol. The summed E-state index contributed by atoms with van der Waals surface area (Å²) < 4.78 is 11.6. The Kier molecular flexibility index (Phi) is 7.12. The number of methoxy groups -OCH3 is 1. The van der Waals surface area contributed by atoms with Crippen LogP contribution in [-0.4, -0.2) is 31.3 Å². The lowest BCUT2D eigenvalue weighted by molar-refractivity contribution is 0.292. The standard InChI is InChI=1S/C19H29N3O2/c1-4-5-12-24-19-15-9-7-11-21-18(15)16(13-17(19)23-3)22-14(2)8-6-10-20/h7,9,11,13-14,22H,4-6,8,10,12,20H2,1-3H3. The van der Waals surface area contributed by atoms with E-state index in [0.717, 1.165) is 53.8 Å². The van der Waals surface area contributed by atoms with E-state index in [4.69, 9.17) is 15.2 Å². The summed E-state index contributed by atoms with van der Waals surface area (Å²) in [6.45, 7) is 5.69. The first kappa shape index (κ1) is 18.3. The molecule has 0 bridgehead atoms. The van der Waals surface area contributed by atoms with Crippen LogP contribution in [0.4, 0.5) is 5.69 Å². The number of pyridine rings is 1. The molecule has 2 rings (SSSR count). The third-order valence-electron chi connectivity index (χ3n) is 4.01. The smallest absolute Gasteiger partial charge is 0.170 e. The van der Waals surface area contributed by atoms with Gasteiger partial charge in [-0.25, -0.2) is 0 Å². The fourth-order valence-electron chi connectivity index (χ4n) is 2.69. The summed E-state index contributed by atoms with van der Waals surface area (Å²) in [6, 6.07) is 6.25. The molecule has 132 valence electrons. The molecule has 1 unspecified atom stereocenters. The number of aromatic nitrogens is 1. The van der Waals surface area contributed by atoms with Gasteiger partial charge in [0.25, 0.3) is 0 Å². The third kappa shape index (κ3) is 4.51. The Morgan fingerprint density at radius 1 is 1.33 bits per heavy atom. The number of nitrogens with one attached hydrogen (secondary N) is 1. The molecule has 0 aliphatic carbocycles. The summed E-state index contributed by atoms with van der Waals surface area (Å²) in [5.74, 6) is 1.51. The van der Waals surface area contributed by atoms with Crippen LogP contribution in [0.1, 0.15) is 39.5 Å². The van der Waals surface area contributed by atoms with Crippen molar-refractivity contribution in [3.05, 3.63) is 24.4 Å². The molecule has 0 aliphatic rings. The van der Waals surface area contributed by atoms with Crippen LogP contribution in [0.15, 0.2) is 24.4 Å². The lowest BCUT2D eigenvalue weighted by atomic mass is 10.1. The molecular weight excluding hydrogens is 302 g/mol. The lowest BCUT2D eigenvalue weighted by Gasteiger charge is -2.19. The SMILES string of the molecule is CCCCOc1c(OC)cc(NC(C)CCCN)c2ncccc12. The number of hydrogen-bond acceptors (Lipinski definition) is 5. The number of fused-ring (bicyclic) bond motifs is 1. The maximum absolute atomic E-state index is 6.00. The molecule has 1 aromatic heterocycles. The second-order valence-electron chi connectivity index (χ2n) is 6.03. The van der Waals surface area contributed by atoms with Crippen molar-refractivity contribution in [2.75, 3.05) is 25.6 Å². The first-order valence-corrected chi connectivity index (χ1v) is 8.76. The Hall–Kier alpha value is -2.01. The van der Waals surface area contributed by atoms with Crippen molar-refractivity contribution in [3.8, 4) is 11.5 Å². The third-order valence-corrected chi connectivity index (χ3v) is 4.01. The van der Waals surface area contributed by atoms with Crippen LogP contribution in [0.3, 0.4) is 0 Å². The normalized spacial score (nSPS) is 12.2. The molecule has 0 saturated carbocycles. The number of nitrogens with two attached hydrogens (primary N) is 1. The van der Waals surface area contributed by atoms with E-state index < -0.39 is 0 Å². The van der Waals surface area contributed by atoms with Gasteiger partial charge in [0.05, 0.1) is 24.9 Å². The number of ether oxygens (including phenoxy) is 2. The van der Waals surface area contributed by atoms with Gasteiger partial charge in [-0.1, -0.05) is 13.3 Å². The number of benzene rings is 1. The molecule has 1 heterocycles. The first-order chi connectivity index (χ1) is 11.7. The van der Waals surface area contributed by atoms with Gasteiger partial charge in [0.2, 0.25) is 0 Å². The zero-order valence-corrected chi connectivity index (χ0v) is 15.0. The maximum Gasteiger partial charge on any atom is 0.170 e. The molecule has 0 amide bonds. The van der Waals surface area contributed by atoms with E-state index in [9.17, 15) is 0 Å². The minimum Gasteiger partial charge on any atom is -0.493 e. The Bertz CT molecular complexity index is 646. The molecule has 5 nitrogen and oxygen atoms in total. The van der Waals surface area contributed by atoms with Gasteiger partial charge >= 0.3 is 0 Å². The van der Waals surface area contributed by atoms with Gasteiger partial charge in [-0.2, -0.15) is 0 Å². The van der Waals surface area contributed by atoms with Gasteiger partial charge in [0, 0.05) is 23.7 Å². The van der Waals surface area contributed by atoms with E-state index >= 15 is 0 Å². The van der Waals surface area contributed by atoms with Crippen LogP contribution in [0.5, 0.6) is 11.5 Å². The molecule has 3 N–H and O–H groups in total. The van der Waals surface area contributed by atoms with Crippen molar-refractivity contribution < 1.29 is 9.47 Å². The van der Waals surface area contributed by atoms with Gasteiger partial charge < -0.3 is 20.5 Å². The molecular formula is C19H29N3O2. The minimum atomic E-state index is 0.315. The van der Waals surface area contributed by atoms with Crippen LogP contribution in [0.25, 0.3) is 10.9 Å². The van der Waals surface area contributed by atoms with E-state index in [0.29, 0.717) is 19.2 Å². The summed E-state index contributed by atoms with van der Waals surface area (Å²) in [5, 5.41) is 4.51. The Labute approximate surface area is 144 Å². The van der Waals surface area contributed by atoms with E-state index in [1.165, 1.54) is 0 Å². The number of unbranched alkanes of at least 4 members (excludes halogenated alkanes) is 1. The monoisotopic (exact) mass is 331 g/mol. The van der Waals surface area contributed by atoms with E-state index in [2.05, 4.69) is 24.1 Å². The summed E-state index contributed by atoms with van der Waals surface area (Å²) in [7, 11) is 1.67. The van der Waals surface area contributed by atoms with Crippen LogP contribution < -0.4 is 20.5 Å². The fraction of sp³-hybridized carbons (Fsp3) is 0.526. The van der Waals surface area contributed by atoms with Gasteiger partial charge in [-0.3, -0.25) is 4.98 Å². The fourth-order valence-corrected chi connectivity index (χ4v) is 2.69. The van der Waals surface area contributed by atoms with Gasteiger partial charge in [0.15, 0.2) is 11.5 Å². The highest BCUT2D eigenvalue weighted by Gasteiger charge is 2.16. The van der Waals surface area contributed by atoms with Crippen molar-refractivity contribution in [2.24, 2.45) is 5.73 Å². The largest absolute Gasteiger partial charge is 0.493 e. The first-order valence-electron chi connectivity index (χ1n) is 8.76. The second kappa shape index (κ2) is 9.33. The minimum absolute atomic E-state index is 0.315. The molecule has 1 atom stereocenters. The molecule has 2 aromatic rings. The van der Waals surface area contributed by atoms with Crippen LogP contribution in [0.2, 0.25) is 0 Å². The Morgan fingerprint density at radius 3 is 2.88 bits per heavy atom. The molecule has 0 fully saturated rings. The average molecular weight is 331 g/mol. The molecule has 0 aliphatic heterocycles. The van der Waals surface area contributed by atoms with Crippen molar-refractivity contribution in [1.29, 1.82) is 0 Å². The van der Waals surface area contributed by atoms with Crippen LogP contribution in [-0.2, 0) is 0 Å². The van der Waals surface area contributed by atoms with Gasteiger partial charge in [-0.15, -0.1) is 0 Å². The van der Waals surface area contributed by atoms with E-state index in [-0.39, 0.29) is 0 Å². The lowest BCUT2D eigenvalue weighted by Crippen LogP contribution is -2.17. The molecule has 0 saturated heterocycles. The zero-order chi connectivity index (χ0) is 17.4. The Balaban J connectivity index is 2.37. The highest BCUT2D eigenvalue weighted by Crippen LogP contribution is 2.39. The highest BCUT2D eigenvalue weighted by atomic mass is 16.5. The summed E-state index contributed by atoms with van der Waals surface area (Å²) in [6.07, 6.45) is 5.93. The molecule has 5 heteroatoms. The van der Waals surface area contributed by atoms with Crippen LogP contribution >= 0.6 is 0 Å². The summed E-state index contributed by atoms with van der Waals surface area (Å²) >= 11 is 0. The highest BCUT2D eigenvalue weighted by molar-refractivity contribution is 5.97. The molecule has 0 radical (unpaired) electrons. The quantitative estimate of drug-likeness (QED) is 0.645. The average Bonchev–Trinajstić information content (AvgIpc) is 2.61. The summed E-state index contributed by atoms with van der Waals surface area (Å²) in [5.41, 5.74) is 7.48. The van der Waals surface area contributed by atoms with Gasteiger partial charge in [0.1, 0.15) is 0 Å². The van der Waals surface area contributed by atoms with Gasteiger partial charge in [-0.05, 0) is 44.9 Å². The van der Waals surface area contributed by atoms with Crippen molar-refractivity contribution in [2.45, 2.75) is 45.6 Å². The Morgan fingerprint density at radius 2 is 2.17 bits per heavy atom. The van der Waals surface area contributed by atoms with E-state index in [1.54, 1.807) is 13.3 Å². The number of rotatable bonds is 10. The summed E-state index contributed by atoms with van der Waals surface area (Å²) in [4.78, 5) is 4.56. The number of anilines is 1. The number of hydrogen-bond donors (Lipinski definition) is 2. The molecule has 24 heavy (non-hydrogen) atoms. The van der Waals surface area contributed by atoms with E-state index in [1.807, 2.05) is 18.2 Å². The van der Waals surface area contributed by atoms with Crippen molar-refractivity contribution in [3.63, 3.8) is 0 Å². The topological polar surface area (TPSA) is 69.4 Å². The maximum atomic E-state index is 6.00. The predicted octanol–water partition coefficient (Wildman–Crippen LogP) is 3.96. The van der Waals surface area contributed by atoms with Crippen molar-refractivity contribution >= 4 is 16.6 Å². The molecule has 1 aromatic carbocycles.